The Morgan fingerprint density at radius 1 is 0.941 bits per heavy atom. The van der Waals surface area contributed by atoms with Gasteiger partial charge in [-0.3, -0.25) is 9.59 Å². The van der Waals surface area contributed by atoms with Crippen LogP contribution < -0.4 is 27.3 Å². The number of nitrogens with one attached hydrogen (secondary N) is 1. The van der Waals surface area contributed by atoms with E-state index in [1.54, 1.807) is 18.2 Å². The van der Waals surface area contributed by atoms with E-state index in [1.807, 2.05) is 55.5 Å². The van der Waals surface area contributed by atoms with Gasteiger partial charge in [0.2, 0.25) is 5.91 Å². The molecule has 0 fully saturated rings. The number of methoxy groups -OCH3 is 1. The number of amides is 2. The number of hydrogen-bond acceptors (Lipinski definition) is 6. The zero-order valence-electron chi connectivity index (χ0n) is 18.8. The highest BCUT2D eigenvalue weighted by atomic mass is 16.5. The second kappa shape index (κ2) is 10.3. The maximum absolute atomic E-state index is 12.5. The maximum atomic E-state index is 12.5. The normalized spacial score (nSPS) is 10.2. The Labute approximate surface area is 196 Å². The topological polar surface area (TPSA) is 154 Å². The van der Waals surface area contributed by atoms with E-state index in [0.717, 1.165) is 16.3 Å². The molecule has 0 aromatic heterocycles. The van der Waals surface area contributed by atoms with Crippen LogP contribution in [-0.2, 0) is 0 Å². The highest BCUT2D eigenvalue weighted by molar-refractivity contribution is 6.12. The van der Waals surface area contributed by atoms with Gasteiger partial charge in [-0.05, 0) is 48.2 Å². The van der Waals surface area contributed by atoms with Crippen molar-refractivity contribution < 1.29 is 19.4 Å². The first kappa shape index (κ1) is 23.9. The van der Waals surface area contributed by atoms with Crippen LogP contribution in [0.25, 0.3) is 10.8 Å². The molecule has 0 saturated heterocycles. The second-order valence-electron chi connectivity index (χ2n) is 7.50. The molecule has 0 bridgehead atoms. The third-order valence-electron chi connectivity index (χ3n) is 5.21. The Kier molecular flexibility index (Phi) is 7.23. The fourth-order valence-corrected chi connectivity index (χ4v) is 3.33. The van der Waals surface area contributed by atoms with Gasteiger partial charge in [0.1, 0.15) is 5.75 Å². The highest BCUT2D eigenvalue weighted by Crippen LogP contribution is 2.34. The molecule has 4 rings (SSSR count). The van der Waals surface area contributed by atoms with Gasteiger partial charge in [0.25, 0.3) is 5.91 Å². The Bertz CT molecular complexity index is 1370. The number of hydrogen-bond donors (Lipinski definition) is 5. The molecule has 0 aliphatic heterocycles. The van der Waals surface area contributed by atoms with E-state index >= 15 is 0 Å². The number of phenolic OH excluding ortho intramolecular Hbond substituents is 1. The molecule has 2 amide bonds. The van der Waals surface area contributed by atoms with Crippen LogP contribution in [0.15, 0.2) is 72.8 Å². The van der Waals surface area contributed by atoms with Crippen molar-refractivity contribution in [2.45, 2.75) is 6.92 Å². The molecule has 0 aliphatic rings. The number of para-hydroxylation sites is 1. The molecule has 0 spiro atoms. The maximum Gasteiger partial charge on any atom is 0.259 e. The van der Waals surface area contributed by atoms with Crippen LogP contribution in [0, 0.1) is 6.92 Å². The van der Waals surface area contributed by atoms with Crippen LogP contribution in [0.2, 0.25) is 0 Å². The molecule has 0 radical (unpaired) electrons. The third-order valence-corrected chi connectivity index (χ3v) is 5.21. The van der Waals surface area contributed by atoms with Crippen molar-refractivity contribution >= 4 is 39.6 Å². The average Bonchev–Trinajstić information content (AvgIpc) is 2.83. The zero-order valence-corrected chi connectivity index (χ0v) is 18.8. The zero-order chi connectivity index (χ0) is 24.8. The summed E-state index contributed by atoms with van der Waals surface area (Å²) in [4.78, 5) is 23.1. The second-order valence-corrected chi connectivity index (χ2v) is 7.50. The SMILES string of the molecule is COc1ccc(C(N)=O)cc1N.Cc1ccccc1NC(=O)c1cc2ccccc2c(N)c1O. The lowest BCUT2D eigenvalue weighted by atomic mass is 10.0. The summed E-state index contributed by atoms with van der Waals surface area (Å²) in [5, 5.41) is 14.6. The van der Waals surface area contributed by atoms with Crippen LogP contribution >= 0.6 is 0 Å². The number of nitrogen functional groups attached to an aromatic ring is 2. The van der Waals surface area contributed by atoms with Gasteiger partial charge in [-0.25, -0.2) is 0 Å². The van der Waals surface area contributed by atoms with Gasteiger partial charge in [-0.15, -0.1) is 0 Å². The van der Waals surface area contributed by atoms with Crippen LogP contribution in [0.3, 0.4) is 0 Å². The lowest BCUT2D eigenvalue weighted by Gasteiger charge is -2.12. The van der Waals surface area contributed by atoms with Crippen molar-refractivity contribution in [1.82, 2.24) is 0 Å². The molecule has 8 nitrogen and oxygen atoms in total. The minimum Gasteiger partial charge on any atom is -0.505 e. The summed E-state index contributed by atoms with van der Waals surface area (Å²) in [6.07, 6.45) is 0. The molecule has 34 heavy (non-hydrogen) atoms. The summed E-state index contributed by atoms with van der Waals surface area (Å²) >= 11 is 0. The molecule has 8 heteroatoms. The molecule has 4 aromatic carbocycles. The number of phenols is 1. The van der Waals surface area contributed by atoms with Crippen molar-refractivity contribution in [2.75, 3.05) is 23.9 Å². The number of aryl methyl sites for hydroxylation is 1. The van der Waals surface area contributed by atoms with Gasteiger partial charge in [-0.1, -0.05) is 42.5 Å². The van der Waals surface area contributed by atoms with Gasteiger partial charge in [0, 0.05) is 16.6 Å². The molecular formula is C26H26N4O4. The van der Waals surface area contributed by atoms with E-state index in [9.17, 15) is 14.7 Å². The van der Waals surface area contributed by atoms with Gasteiger partial charge < -0.3 is 32.4 Å². The van der Waals surface area contributed by atoms with Crippen LogP contribution in [-0.4, -0.2) is 24.0 Å². The Morgan fingerprint density at radius 3 is 2.26 bits per heavy atom. The first-order valence-corrected chi connectivity index (χ1v) is 10.3. The molecule has 0 saturated carbocycles. The molecule has 174 valence electrons. The third kappa shape index (κ3) is 5.18. The fourth-order valence-electron chi connectivity index (χ4n) is 3.33. The van der Waals surface area contributed by atoms with Crippen LogP contribution in [0.5, 0.6) is 11.5 Å². The quantitative estimate of drug-likeness (QED) is 0.229. The molecule has 0 atom stereocenters. The Morgan fingerprint density at radius 2 is 1.62 bits per heavy atom. The lowest BCUT2D eigenvalue weighted by molar-refractivity contribution is 0.0997. The molecule has 0 unspecified atom stereocenters. The van der Waals surface area contributed by atoms with E-state index in [-0.39, 0.29) is 22.9 Å². The molecule has 0 heterocycles. The first-order chi connectivity index (χ1) is 16.2. The van der Waals surface area contributed by atoms with Gasteiger partial charge in [0.05, 0.1) is 24.0 Å². The van der Waals surface area contributed by atoms with Gasteiger partial charge >= 0.3 is 0 Å². The Hall–Kier alpha value is -4.72. The van der Waals surface area contributed by atoms with Gasteiger partial charge in [0.15, 0.2) is 5.75 Å². The smallest absolute Gasteiger partial charge is 0.259 e. The predicted octanol–water partition coefficient (Wildman–Crippen LogP) is 4.06. The van der Waals surface area contributed by atoms with Crippen molar-refractivity contribution in [1.29, 1.82) is 0 Å². The van der Waals surface area contributed by atoms with Crippen molar-refractivity contribution in [3.8, 4) is 11.5 Å². The number of fused-ring (bicyclic) bond motifs is 1. The van der Waals surface area contributed by atoms with E-state index < -0.39 is 5.91 Å². The molecular weight excluding hydrogens is 432 g/mol. The number of ether oxygens (including phenoxy) is 1. The van der Waals surface area contributed by atoms with E-state index in [1.165, 1.54) is 13.2 Å². The fraction of sp³-hybridized carbons (Fsp3) is 0.0769. The number of aromatic hydroxyl groups is 1. The monoisotopic (exact) mass is 458 g/mol. The van der Waals surface area contributed by atoms with Crippen molar-refractivity contribution in [3.63, 3.8) is 0 Å². The predicted molar refractivity (Wildman–Crippen MR) is 135 cm³/mol. The lowest BCUT2D eigenvalue weighted by Crippen LogP contribution is -2.13. The number of nitrogens with two attached hydrogens (primary N) is 3. The Balaban J connectivity index is 0.000000229. The minimum atomic E-state index is -0.496. The summed E-state index contributed by atoms with van der Waals surface area (Å²) in [7, 11) is 1.51. The number of anilines is 3. The summed E-state index contributed by atoms with van der Waals surface area (Å²) in [6.45, 7) is 1.91. The van der Waals surface area contributed by atoms with Gasteiger partial charge in [-0.2, -0.15) is 0 Å². The van der Waals surface area contributed by atoms with Crippen molar-refractivity contribution in [3.05, 3.63) is 89.5 Å². The molecule has 4 aromatic rings. The summed E-state index contributed by atoms with van der Waals surface area (Å²) < 4.78 is 4.90. The van der Waals surface area contributed by atoms with E-state index in [2.05, 4.69) is 5.32 Å². The first-order valence-electron chi connectivity index (χ1n) is 10.3. The van der Waals surface area contributed by atoms with Crippen molar-refractivity contribution in [2.24, 2.45) is 5.73 Å². The number of benzene rings is 4. The van der Waals surface area contributed by atoms with Crippen LogP contribution in [0.1, 0.15) is 26.3 Å². The van der Waals surface area contributed by atoms with Crippen LogP contribution in [0.4, 0.5) is 17.1 Å². The largest absolute Gasteiger partial charge is 0.505 e. The standard InChI is InChI=1S/C18H16N2O2.C8H10N2O2/c1-11-6-2-5-9-15(11)20-18(22)14-10-12-7-3-4-8-13(12)16(19)17(14)21;1-12-7-3-2-5(8(10)11)4-6(7)9/h2-10,21H,19H2,1H3,(H,20,22);2-4H,9H2,1H3,(H2,10,11). The summed E-state index contributed by atoms with van der Waals surface area (Å²) in [5.74, 6) is -0.529. The summed E-state index contributed by atoms with van der Waals surface area (Å²) in [5.41, 5.74) is 19.4. The highest BCUT2D eigenvalue weighted by Gasteiger charge is 2.17. The van der Waals surface area contributed by atoms with E-state index in [4.69, 9.17) is 21.9 Å². The number of carbonyl (C=O) groups excluding carboxylic acids is 2. The number of rotatable bonds is 4. The molecule has 0 aliphatic carbocycles. The minimum absolute atomic E-state index is 0.166. The summed E-state index contributed by atoms with van der Waals surface area (Å²) in [6, 6.07) is 21.1. The number of primary amides is 1. The van der Waals surface area contributed by atoms with E-state index in [0.29, 0.717) is 22.7 Å². The average molecular weight is 459 g/mol. The molecule has 8 N–H and O–H groups in total. The number of carbonyl (C=O) groups is 2.